The molecule has 0 aliphatic heterocycles. The zero-order chi connectivity index (χ0) is 13.2. The van der Waals surface area contributed by atoms with E-state index >= 15 is 0 Å². The second kappa shape index (κ2) is 4.70. The van der Waals surface area contributed by atoms with Gasteiger partial charge >= 0.3 is 6.09 Å². The van der Waals surface area contributed by atoms with Gasteiger partial charge in [-0.05, 0) is 35.4 Å². The average Bonchev–Trinajstić information content (AvgIpc) is 2.86. The van der Waals surface area contributed by atoms with Gasteiger partial charge in [0, 0.05) is 5.69 Å². The fourth-order valence-electron chi connectivity index (χ4n) is 1.91. The Labute approximate surface area is 113 Å². The summed E-state index contributed by atoms with van der Waals surface area (Å²) in [5.74, 6) is 0. The molecule has 0 aliphatic carbocycles. The number of nitrogens with zero attached hydrogens (tertiary/aromatic N) is 1. The Hall–Kier alpha value is -2.40. The first kappa shape index (κ1) is 11.7. The van der Waals surface area contributed by atoms with E-state index in [9.17, 15) is 4.79 Å². The quantitative estimate of drug-likeness (QED) is 0.738. The molecule has 0 radical (unpaired) electrons. The Bertz CT molecular complexity index is 735. The highest BCUT2D eigenvalue weighted by Gasteiger charge is 2.03. The van der Waals surface area contributed by atoms with E-state index in [-0.39, 0.29) is 0 Å². The van der Waals surface area contributed by atoms with E-state index in [0.717, 1.165) is 21.3 Å². The van der Waals surface area contributed by atoms with Gasteiger partial charge in [-0.25, -0.2) is 9.78 Å². The van der Waals surface area contributed by atoms with Crippen LogP contribution in [0, 0.1) is 0 Å². The first-order valence-electron chi connectivity index (χ1n) is 5.66. The molecule has 3 aromatic rings. The van der Waals surface area contributed by atoms with Gasteiger partial charge in [-0.15, -0.1) is 11.3 Å². The molecule has 0 spiro atoms. The molecule has 0 saturated heterocycles. The summed E-state index contributed by atoms with van der Waals surface area (Å²) in [5.41, 5.74) is 5.47. The third kappa shape index (κ3) is 2.41. The largest absolute Gasteiger partial charge is 0.465 e. The van der Waals surface area contributed by atoms with E-state index < -0.39 is 6.09 Å². The number of nitrogens with one attached hydrogen (secondary N) is 1. The van der Waals surface area contributed by atoms with Crippen molar-refractivity contribution in [2.75, 3.05) is 5.32 Å². The number of benzene rings is 2. The Balaban J connectivity index is 1.94. The molecule has 1 aromatic heterocycles. The molecule has 0 aliphatic rings. The van der Waals surface area contributed by atoms with Crippen LogP contribution in [0.15, 0.2) is 48.0 Å². The van der Waals surface area contributed by atoms with Crippen molar-refractivity contribution in [3.63, 3.8) is 0 Å². The van der Waals surface area contributed by atoms with Crippen molar-refractivity contribution in [3.8, 4) is 11.1 Å². The van der Waals surface area contributed by atoms with Crippen LogP contribution in [-0.2, 0) is 0 Å². The van der Waals surface area contributed by atoms with E-state index in [1.54, 1.807) is 23.5 Å². The van der Waals surface area contributed by atoms with Crippen molar-refractivity contribution in [1.82, 2.24) is 4.98 Å². The van der Waals surface area contributed by atoms with Crippen LogP contribution < -0.4 is 5.32 Å². The molecule has 2 N–H and O–H groups in total. The molecular weight excluding hydrogens is 260 g/mol. The number of thiazole rings is 1. The zero-order valence-electron chi connectivity index (χ0n) is 9.83. The van der Waals surface area contributed by atoms with Crippen LogP contribution in [-0.4, -0.2) is 16.2 Å². The van der Waals surface area contributed by atoms with E-state index in [4.69, 9.17) is 5.11 Å². The molecule has 0 bridgehead atoms. The normalized spacial score (nSPS) is 10.5. The van der Waals surface area contributed by atoms with E-state index in [1.165, 1.54) is 0 Å². The summed E-state index contributed by atoms with van der Waals surface area (Å²) in [6, 6.07) is 13.4. The Morgan fingerprint density at radius 2 is 1.84 bits per heavy atom. The number of hydrogen-bond acceptors (Lipinski definition) is 3. The Kier molecular flexibility index (Phi) is 2.89. The molecule has 19 heavy (non-hydrogen) atoms. The first-order valence-corrected chi connectivity index (χ1v) is 6.54. The second-order valence-electron chi connectivity index (χ2n) is 4.04. The molecular formula is C14H10N2O2S. The minimum atomic E-state index is -1.06. The summed E-state index contributed by atoms with van der Waals surface area (Å²) in [5, 5.41) is 10.9. The Morgan fingerprint density at radius 3 is 2.58 bits per heavy atom. The summed E-state index contributed by atoms with van der Waals surface area (Å²) in [7, 11) is 0. The van der Waals surface area contributed by atoms with Crippen LogP contribution in [0.5, 0.6) is 0 Å². The highest BCUT2D eigenvalue weighted by atomic mass is 32.1. The molecule has 0 unspecified atom stereocenters. The van der Waals surface area contributed by atoms with Gasteiger partial charge in [0.1, 0.15) is 0 Å². The maximum absolute atomic E-state index is 10.5. The second-order valence-corrected chi connectivity index (χ2v) is 4.93. The highest BCUT2D eigenvalue weighted by Crippen LogP contribution is 2.26. The molecule has 5 heteroatoms. The van der Waals surface area contributed by atoms with Crippen molar-refractivity contribution in [3.05, 3.63) is 48.0 Å². The van der Waals surface area contributed by atoms with Crippen LogP contribution in [0.3, 0.4) is 0 Å². The number of fused-ring (bicyclic) bond motifs is 1. The van der Waals surface area contributed by atoms with Gasteiger partial charge in [0.2, 0.25) is 0 Å². The van der Waals surface area contributed by atoms with Gasteiger partial charge in [0.05, 0.1) is 15.7 Å². The maximum Gasteiger partial charge on any atom is 0.409 e. The number of hydrogen-bond donors (Lipinski definition) is 2. The number of carboxylic acid groups (broad SMARTS) is 1. The molecule has 1 amide bonds. The predicted octanol–water partition coefficient (Wildman–Crippen LogP) is 4.05. The number of amides is 1. The molecule has 94 valence electrons. The van der Waals surface area contributed by atoms with Crippen LogP contribution in [0.2, 0.25) is 0 Å². The number of rotatable bonds is 2. The van der Waals surface area contributed by atoms with Crippen LogP contribution in [0.4, 0.5) is 10.5 Å². The van der Waals surface area contributed by atoms with Crippen molar-refractivity contribution >= 4 is 33.3 Å². The molecule has 0 atom stereocenters. The fourth-order valence-corrected chi connectivity index (χ4v) is 2.57. The van der Waals surface area contributed by atoms with Gasteiger partial charge in [-0.1, -0.05) is 18.2 Å². The summed E-state index contributed by atoms with van der Waals surface area (Å²) in [4.78, 5) is 14.8. The summed E-state index contributed by atoms with van der Waals surface area (Å²) >= 11 is 1.61. The molecule has 4 nitrogen and oxygen atoms in total. The zero-order valence-corrected chi connectivity index (χ0v) is 10.6. The minimum Gasteiger partial charge on any atom is -0.465 e. The van der Waals surface area contributed by atoms with Gasteiger partial charge in [0.25, 0.3) is 0 Å². The van der Waals surface area contributed by atoms with Crippen LogP contribution in [0.25, 0.3) is 21.3 Å². The smallest absolute Gasteiger partial charge is 0.409 e. The number of carbonyl (C=O) groups is 1. The van der Waals surface area contributed by atoms with Gasteiger partial charge in [0.15, 0.2) is 0 Å². The third-order valence-corrected chi connectivity index (χ3v) is 3.61. The minimum absolute atomic E-state index is 0.561. The van der Waals surface area contributed by atoms with Crippen LogP contribution >= 0.6 is 11.3 Å². The molecule has 1 heterocycles. The molecule has 2 aromatic carbocycles. The van der Waals surface area contributed by atoms with Crippen molar-refractivity contribution in [2.45, 2.75) is 0 Å². The van der Waals surface area contributed by atoms with Gasteiger partial charge < -0.3 is 5.11 Å². The number of anilines is 1. The lowest BCUT2D eigenvalue weighted by Gasteiger charge is -2.04. The van der Waals surface area contributed by atoms with Gasteiger partial charge in [-0.3, -0.25) is 5.32 Å². The number of aromatic nitrogens is 1. The standard InChI is InChI=1S/C14H10N2O2S/c17-14(18)16-11-4-1-9(2-5-11)10-3-6-13-12(7-10)15-8-19-13/h1-8,16H,(H,17,18). The lowest BCUT2D eigenvalue weighted by atomic mass is 10.1. The lowest BCUT2D eigenvalue weighted by molar-refractivity contribution is 0.210. The summed E-state index contributed by atoms with van der Waals surface area (Å²) < 4.78 is 1.16. The van der Waals surface area contributed by atoms with Crippen molar-refractivity contribution in [2.24, 2.45) is 0 Å². The van der Waals surface area contributed by atoms with Crippen LogP contribution in [0.1, 0.15) is 0 Å². The van der Waals surface area contributed by atoms with E-state index in [1.807, 2.05) is 35.8 Å². The summed E-state index contributed by atoms with van der Waals surface area (Å²) in [6.07, 6.45) is -1.06. The molecule has 0 fully saturated rings. The molecule has 0 saturated carbocycles. The fraction of sp³-hybridized carbons (Fsp3) is 0. The average molecular weight is 270 g/mol. The highest BCUT2D eigenvalue weighted by molar-refractivity contribution is 7.16. The van der Waals surface area contributed by atoms with E-state index in [2.05, 4.69) is 10.3 Å². The predicted molar refractivity (Wildman–Crippen MR) is 76.7 cm³/mol. The lowest BCUT2D eigenvalue weighted by Crippen LogP contribution is -2.06. The van der Waals surface area contributed by atoms with E-state index in [0.29, 0.717) is 5.69 Å². The Morgan fingerprint density at radius 1 is 1.11 bits per heavy atom. The first-order chi connectivity index (χ1) is 9.22. The van der Waals surface area contributed by atoms with Crippen molar-refractivity contribution in [1.29, 1.82) is 0 Å². The monoisotopic (exact) mass is 270 g/mol. The van der Waals surface area contributed by atoms with Gasteiger partial charge in [-0.2, -0.15) is 0 Å². The van der Waals surface area contributed by atoms with Crippen molar-refractivity contribution < 1.29 is 9.90 Å². The molecule has 3 rings (SSSR count). The third-order valence-electron chi connectivity index (χ3n) is 2.80. The summed E-state index contributed by atoms with van der Waals surface area (Å²) in [6.45, 7) is 0. The SMILES string of the molecule is O=C(O)Nc1ccc(-c2ccc3scnc3c2)cc1. The maximum atomic E-state index is 10.5. The topological polar surface area (TPSA) is 62.2 Å².